The first-order chi connectivity index (χ1) is 11.9. The van der Waals surface area contributed by atoms with Gasteiger partial charge in [0.25, 0.3) is 0 Å². The molecule has 1 aromatic carbocycles. The quantitative estimate of drug-likeness (QED) is 0.672. The van der Waals surface area contributed by atoms with Crippen molar-refractivity contribution in [3.8, 4) is 5.69 Å². The van der Waals surface area contributed by atoms with Gasteiger partial charge in [-0.25, -0.2) is 18.3 Å². The van der Waals surface area contributed by atoms with Crippen molar-refractivity contribution < 1.29 is 18.3 Å². The molecule has 0 unspecified atom stereocenters. The Morgan fingerprint density at radius 3 is 2.42 bits per heavy atom. The van der Waals surface area contributed by atoms with Crippen LogP contribution in [0.5, 0.6) is 0 Å². The van der Waals surface area contributed by atoms with Crippen molar-refractivity contribution in [2.45, 2.75) is 30.0 Å². The summed E-state index contributed by atoms with van der Waals surface area (Å²) < 4.78 is 31.5. The van der Waals surface area contributed by atoms with E-state index >= 15 is 0 Å². The molecule has 0 saturated heterocycles. The summed E-state index contributed by atoms with van der Waals surface area (Å²) >= 11 is 16.6. The normalized spacial score (nSPS) is 12.2. The Morgan fingerprint density at radius 2 is 1.88 bits per heavy atom. The van der Waals surface area contributed by atoms with Crippen molar-refractivity contribution >= 4 is 46.7 Å². The lowest BCUT2D eigenvalue weighted by molar-refractivity contribution is 0.163. The van der Waals surface area contributed by atoms with Gasteiger partial charge in [-0.3, -0.25) is 5.32 Å². The van der Waals surface area contributed by atoms with Crippen LogP contribution in [0, 0.1) is 11.6 Å². The third-order valence-corrected chi connectivity index (χ3v) is 3.54. The maximum atomic E-state index is 14.2. The van der Waals surface area contributed by atoms with Crippen LogP contribution in [0.4, 0.5) is 19.4 Å². The minimum Gasteiger partial charge on any atom is -0.445 e. The fourth-order valence-corrected chi connectivity index (χ4v) is 2.13. The van der Waals surface area contributed by atoms with Crippen LogP contribution < -0.4 is 5.32 Å². The van der Waals surface area contributed by atoms with Gasteiger partial charge < -0.3 is 4.74 Å². The zero-order chi connectivity index (χ0) is 19.7. The number of amides is 1. The Hall–Kier alpha value is -1.57. The van der Waals surface area contributed by atoms with Crippen LogP contribution in [0.15, 0.2) is 24.3 Å². The van der Waals surface area contributed by atoms with E-state index < -0.39 is 28.1 Å². The van der Waals surface area contributed by atoms with Crippen LogP contribution in [0.25, 0.3) is 5.69 Å². The van der Waals surface area contributed by atoms with E-state index in [2.05, 4.69) is 10.4 Å². The molecule has 0 aliphatic heterocycles. The Morgan fingerprint density at radius 1 is 1.23 bits per heavy atom. The fourth-order valence-electron chi connectivity index (χ4n) is 1.96. The van der Waals surface area contributed by atoms with Crippen molar-refractivity contribution in [3.05, 3.63) is 41.6 Å². The minimum absolute atomic E-state index is 0.0430. The second kappa shape index (κ2) is 7.58. The van der Waals surface area contributed by atoms with Gasteiger partial charge in [0.2, 0.25) is 3.79 Å². The highest BCUT2D eigenvalue weighted by Crippen LogP contribution is 2.28. The van der Waals surface area contributed by atoms with Gasteiger partial charge in [-0.15, -0.1) is 0 Å². The van der Waals surface area contributed by atoms with E-state index in [0.717, 1.165) is 16.8 Å². The fraction of sp³-hybridized carbons (Fsp3) is 0.375. The van der Waals surface area contributed by atoms with E-state index in [1.165, 1.54) is 6.07 Å². The number of anilines is 1. The SMILES string of the molecule is CC(C)(C)c1cc(NC(=O)OCC(Cl)(Cl)Cl)n(-c2ccc(F)cc2F)n1. The third kappa shape index (κ3) is 5.46. The van der Waals surface area contributed by atoms with Crippen LogP contribution in [0.3, 0.4) is 0 Å². The molecule has 0 saturated carbocycles. The molecule has 10 heteroatoms. The predicted molar refractivity (Wildman–Crippen MR) is 97.4 cm³/mol. The molecule has 0 radical (unpaired) electrons. The molecule has 142 valence electrons. The summed E-state index contributed by atoms with van der Waals surface area (Å²) in [5.74, 6) is -1.45. The van der Waals surface area contributed by atoms with Gasteiger partial charge in [-0.1, -0.05) is 55.6 Å². The maximum absolute atomic E-state index is 14.2. The van der Waals surface area contributed by atoms with Crippen LogP contribution in [0.2, 0.25) is 0 Å². The number of aromatic nitrogens is 2. The maximum Gasteiger partial charge on any atom is 0.412 e. The summed E-state index contributed by atoms with van der Waals surface area (Å²) in [6.07, 6.45) is -0.916. The van der Waals surface area contributed by atoms with Gasteiger partial charge >= 0.3 is 6.09 Å². The zero-order valence-electron chi connectivity index (χ0n) is 14.1. The molecule has 1 amide bonds. The molecule has 2 aromatic rings. The third-order valence-electron chi connectivity index (χ3n) is 3.21. The highest BCUT2D eigenvalue weighted by molar-refractivity contribution is 6.67. The molecule has 1 heterocycles. The summed E-state index contributed by atoms with van der Waals surface area (Å²) in [5.41, 5.74) is 0.135. The number of nitrogens with zero attached hydrogens (tertiary/aromatic N) is 2. The van der Waals surface area contributed by atoms with E-state index in [9.17, 15) is 13.6 Å². The minimum atomic E-state index is -1.77. The van der Waals surface area contributed by atoms with Gasteiger partial charge in [-0.2, -0.15) is 5.10 Å². The number of carbonyl (C=O) groups excluding carboxylic acids is 1. The van der Waals surface area contributed by atoms with Crippen molar-refractivity contribution in [1.82, 2.24) is 9.78 Å². The number of rotatable bonds is 3. The Bertz CT molecular complexity index is 814. The lowest BCUT2D eigenvalue weighted by atomic mass is 9.92. The molecule has 0 fully saturated rings. The average molecular weight is 427 g/mol. The summed E-state index contributed by atoms with van der Waals surface area (Å²) in [5, 5.41) is 6.73. The van der Waals surface area contributed by atoms with Crippen LogP contribution in [-0.4, -0.2) is 26.3 Å². The van der Waals surface area contributed by atoms with E-state index in [0.29, 0.717) is 5.69 Å². The molecule has 2 rings (SSSR count). The smallest absolute Gasteiger partial charge is 0.412 e. The van der Waals surface area contributed by atoms with Gasteiger partial charge in [0.05, 0.1) is 5.69 Å². The largest absolute Gasteiger partial charge is 0.445 e. The summed E-state index contributed by atoms with van der Waals surface area (Å²) in [7, 11) is 0. The highest BCUT2D eigenvalue weighted by atomic mass is 35.6. The number of alkyl halides is 3. The average Bonchev–Trinajstić information content (AvgIpc) is 2.88. The number of hydrogen-bond acceptors (Lipinski definition) is 3. The second-order valence-corrected chi connectivity index (χ2v) is 9.00. The summed E-state index contributed by atoms with van der Waals surface area (Å²) in [6, 6.07) is 4.57. The lowest BCUT2D eigenvalue weighted by Crippen LogP contribution is -2.22. The lowest BCUT2D eigenvalue weighted by Gasteiger charge is -2.14. The van der Waals surface area contributed by atoms with Crippen LogP contribution in [-0.2, 0) is 10.2 Å². The monoisotopic (exact) mass is 425 g/mol. The van der Waals surface area contributed by atoms with Crippen LogP contribution in [0.1, 0.15) is 26.5 Å². The van der Waals surface area contributed by atoms with Crippen molar-refractivity contribution in [1.29, 1.82) is 0 Å². The Labute approximate surface area is 164 Å². The molecule has 1 aromatic heterocycles. The van der Waals surface area contributed by atoms with Gasteiger partial charge in [0.15, 0.2) is 5.82 Å². The molecule has 0 atom stereocenters. The first-order valence-corrected chi connectivity index (χ1v) is 8.57. The van der Waals surface area contributed by atoms with E-state index in [1.54, 1.807) is 6.07 Å². The first kappa shape index (κ1) is 20.7. The summed E-state index contributed by atoms with van der Waals surface area (Å²) in [6.45, 7) is 5.21. The van der Waals surface area contributed by atoms with E-state index in [1.807, 2.05) is 20.8 Å². The topological polar surface area (TPSA) is 56.1 Å². The standard InChI is InChI=1S/C16H16Cl3F2N3O2/c1-15(2,3)12-7-13(22-14(25)26-8-16(17,18)19)24(23-12)11-5-4-9(20)6-10(11)21/h4-7H,8H2,1-3H3,(H,22,25). The number of hydrogen-bond donors (Lipinski definition) is 1. The van der Waals surface area contributed by atoms with E-state index in [-0.39, 0.29) is 16.9 Å². The number of benzene rings is 1. The zero-order valence-corrected chi connectivity index (χ0v) is 16.4. The number of ether oxygens (including phenoxy) is 1. The van der Waals surface area contributed by atoms with Crippen LogP contribution >= 0.6 is 34.8 Å². The van der Waals surface area contributed by atoms with E-state index in [4.69, 9.17) is 39.5 Å². The molecule has 26 heavy (non-hydrogen) atoms. The molecular formula is C16H16Cl3F2N3O2. The molecular weight excluding hydrogens is 411 g/mol. The number of halogens is 5. The molecule has 0 bridgehead atoms. The number of carbonyl (C=O) groups is 1. The molecule has 1 N–H and O–H groups in total. The molecule has 0 aliphatic rings. The Balaban J connectivity index is 2.38. The van der Waals surface area contributed by atoms with Gasteiger partial charge in [0, 0.05) is 17.5 Å². The predicted octanol–water partition coefficient (Wildman–Crippen LogP) is 5.37. The molecule has 0 spiro atoms. The van der Waals surface area contributed by atoms with Crippen molar-refractivity contribution in [3.63, 3.8) is 0 Å². The van der Waals surface area contributed by atoms with Crippen molar-refractivity contribution in [2.75, 3.05) is 11.9 Å². The Kier molecular flexibility index (Phi) is 6.05. The van der Waals surface area contributed by atoms with Gasteiger partial charge in [0.1, 0.15) is 23.9 Å². The molecule has 5 nitrogen and oxygen atoms in total. The first-order valence-electron chi connectivity index (χ1n) is 7.43. The highest BCUT2D eigenvalue weighted by Gasteiger charge is 2.25. The second-order valence-electron chi connectivity index (χ2n) is 6.49. The molecule has 0 aliphatic carbocycles. The van der Waals surface area contributed by atoms with Gasteiger partial charge in [-0.05, 0) is 12.1 Å². The summed E-state index contributed by atoms with van der Waals surface area (Å²) in [4.78, 5) is 11.9. The number of nitrogens with one attached hydrogen (secondary N) is 1. The van der Waals surface area contributed by atoms with Crippen molar-refractivity contribution in [2.24, 2.45) is 0 Å².